The predicted octanol–water partition coefficient (Wildman–Crippen LogP) is 4.01. The van der Waals surface area contributed by atoms with Gasteiger partial charge in [-0.05, 0) is 31.0 Å². The highest BCUT2D eigenvalue weighted by Gasteiger charge is 2.42. The van der Waals surface area contributed by atoms with Gasteiger partial charge in [-0.2, -0.15) is 0 Å². The Bertz CT molecular complexity index is 203. The van der Waals surface area contributed by atoms with Crippen LogP contribution in [0.5, 0.6) is 0 Å². The molecule has 1 saturated heterocycles. The van der Waals surface area contributed by atoms with Crippen LogP contribution in [0, 0.1) is 0 Å². The van der Waals surface area contributed by atoms with Crippen molar-refractivity contribution in [3.63, 3.8) is 0 Å². The van der Waals surface area contributed by atoms with Crippen LogP contribution in [0.15, 0.2) is 0 Å². The third-order valence-electron chi connectivity index (χ3n) is 4.58. The van der Waals surface area contributed by atoms with E-state index in [4.69, 9.17) is 0 Å². The lowest BCUT2D eigenvalue weighted by atomic mass is 10.2. The van der Waals surface area contributed by atoms with Gasteiger partial charge < -0.3 is 4.57 Å². The molecule has 0 spiro atoms. The Morgan fingerprint density at radius 2 is 1.53 bits per heavy atom. The first-order valence-electron chi connectivity index (χ1n) is 6.92. The van der Waals surface area contributed by atoms with E-state index in [1.165, 1.54) is 38.5 Å². The molecule has 0 aromatic heterocycles. The first kappa shape index (κ1) is 11.7. The van der Waals surface area contributed by atoms with Crippen LogP contribution in [0.2, 0.25) is 18.6 Å². The molecular formula is C13H27NSi. The Labute approximate surface area is 96.3 Å². The van der Waals surface area contributed by atoms with Crippen LogP contribution in [0.4, 0.5) is 0 Å². The van der Waals surface area contributed by atoms with Crippen LogP contribution in [-0.2, 0) is 0 Å². The van der Waals surface area contributed by atoms with Crippen molar-refractivity contribution < 1.29 is 0 Å². The summed E-state index contributed by atoms with van der Waals surface area (Å²) in [4.78, 5) is 0. The normalized spacial score (nSPS) is 27.0. The van der Waals surface area contributed by atoms with Gasteiger partial charge in [0.2, 0.25) is 0 Å². The first-order valence-corrected chi connectivity index (χ1v) is 9.78. The van der Waals surface area contributed by atoms with Crippen LogP contribution in [0.25, 0.3) is 0 Å². The zero-order valence-corrected chi connectivity index (χ0v) is 11.8. The highest BCUT2D eigenvalue weighted by atomic mass is 28.3. The van der Waals surface area contributed by atoms with Gasteiger partial charge in [0.15, 0.2) is 0 Å². The molecule has 1 saturated carbocycles. The fraction of sp³-hybridized carbons (Fsp3) is 1.00. The van der Waals surface area contributed by atoms with Crippen molar-refractivity contribution in [3.8, 4) is 0 Å². The van der Waals surface area contributed by atoms with Gasteiger partial charge in [-0.15, -0.1) is 0 Å². The molecule has 1 heterocycles. The van der Waals surface area contributed by atoms with Crippen molar-refractivity contribution in [2.75, 3.05) is 0 Å². The summed E-state index contributed by atoms with van der Waals surface area (Å²) in [6.07, 6.45) is 8.97. The van der Waals surface area contributed by atoms with Crippen LogP contribution >= 0.6 is 0 Å². The molecule has 2 fully saturated rings. The standard InChI is InChI=1S/C13H27NSi/c1-12(2)14(13-8-4-5-9-13)15(3)10-6-7-11-15/h12-13H,4-11H2,1-3H3. The van der Waals surface area contributed by atoms with E-state index < -0.39 is 8.24 Å². The lowest BCUT2D eigenvalue weighted by molar-refractivity contribution is 0.265. The quantitative estimate of drug-likeness (QED) is 0.656. The van der Waals surface area contributed by atoms with Gasteiger partial charge in [-0.3, -0.25) is 0 Å². The Morgan fingerprint density at radius 3 is 2.00 bits per heavy atom. The van der Waals surface area contributed by atoms with Crippen molar-refractivity contribution in [1.29, 1.82) is 0 Å². The second-order valence-corrected chi connectivity index (χ2v) is 10.7. The lowest BCUT2D eigenvalue weighted by Crippen LogP contribution is -2.56. The second kappa shape index (κ2) is 4.58. The molecule has 15 heavy (non-hydrogen) atoms. The molecule has 0 aromatic rings. The molecule has 0 aromatic carbocycles. The minimum absolute atomic E-state index is 0.794. The van der Waals surface area contributed by atoms with E-state index in [9.17, 15) is 0 Å². The summed E-state index contributed by atoms with van der Waals surface area (Å²) in [5.74, 6) is 0. The molecule has 88 valence electrons. The van der Waals surface area contributed by atoms with Gasteiger partial charge >= 0.3 is 0 Å². The average molecular weight is 225 g/mol. The topological polar surface area (TPSA) is 3.24 Å². The van der Waals surface area contributed by atoms with Crippen molar-refractivity contribution in [3.05, 3.63) is 0 Å². The van der Waals surface area contributed by atoms with Gasteiger partial charge in [-0.25, -0.2) is 0 Å². The first-order chi connectivity index (χ1) is 7.13. The molecule has 2 heteroatoms. The summed E-state index contributed by atoms with van der Waals surface area (Å²) in [6, 6.07) is 4.89. The van der Waals surface area contributed by atoms with E-state index in [0.29, 0.717) is 0 Å². The smallest absolute Gasteiger partial charge is 0.125 e. The zero-order valence-electron chi connectivity index (χ0n) is 10.8. The molecule has 1 nitrogen and oxygen atoms in total. The van der Waals surface area contributed by atoms with Crippen molar-refractivity contribution in [1.82, 2.24) is 4.57 Å². The Hall–Kier alpha value is 0.177. The molecule has 0 unspecified atom stereocenters. The summed E-state index contributed by atoms with van der Waals surface area (Å²) >= 11 is 0. The summed E-state index contributed by atoms with van der Waals surface area (Å²) in [5.41, 5.74) is 0. The zero-order chi connectivity index (χ0) is 10.9. The fourth-order valence-corrected chi connectivity index (χ4v) is 9.24. The SMILES string of the molecule is CC(C)N(C1CCCC1)[Si]1(C)CCCC1. The maximum atomic E-state index is 3.01. The van der Waals surface area contributed by atoms with E-state index >= 15 is 0 Å². The summed E-state index contributed by atoms with van der Waals surface area (Å²) < 4.78 is 3.01. The van der Waals surface area contributed by atoms with Crippen LogP contribution < -0.4 is 0 Å². The van der Waals surface area contributed by atoms with E-state index in [0.717, 1.165) is 12.1 Å². The van der Waals surface area contributed by atoms with Crippen LogP contribution in [0.1, 0.15) is 52.4 Å². The van der Waals surface area contributed by atoms with E-state index in [1.54, 1.807) is 12.1 Å². The maximum Gasteiger partial charge on any atom is 0.125 e. The molecule has 1 aliphatic carbocycles. The fourth-order valence-electron chi connectivity index (χ4n) is 4.06. The maximum absolute atomic E-state index is 3.01. The highest BCUT2D eigenvalue weighted by molar-refractivity contribution is 6.76. The Morgan fingerprint density at radius 1 is 1.00 bits per heavy atom. The highest BCUT2D eigenvalue weighted by Crippen LogP contribution is 2.38. The second-order valence-electron chi connectivity index (χ2n) is 6.14. The van der Waals surface area contributed by atoms with E-state index in [1.807, 2.05) is 0 Å². The summed E-state index contributed by atoms with van der Waals surface area (Å²) in [6.45, 7) is 7.50. The van der Waals surface area contributed by atoms with Crippen LogP contribution in [-0.4, -0.2) is 24.9 Å². The third kappa shape index (κ3) is 2.31. The van der Waals surface area contributed by atoms with E-state index in [-0.39, 0.29) is 0 Å². The predicted molar refractivity (Wildman–Crippen MR) is 69.7 cm³/mol. The van der Waals surface area contributed by atoms with Gasteiger partial charge in [0.05, 0.1) is 0 Å². The monoisotopic (exact) mass is 225 g/mol. The molecule has 2 aliphatic rings. The van der Waals surface area contributed by atoms with E-state index in [2.05, 4.69) is 25.0 Å². The Kier molecular flexibility index (Phi) is 3.56. The number of nitrogens with zero attached hydrogens (tertiary/aromatic N) is 1. The van der Waals surface area contributed by atoms with Crippen molar-refractivity contribution >= 4 is 8.24 Å². The van der Waals surface area contributed by atoms with Crippen LogP contribution in [0.3, 0.4) is 0 Å². The number of hydrogen-bond acceptors (Lipinski definition) is 1. The minimum Gasteiger partial charge on any atom is -0.319 e. The molecule has 0 radical (unpaired) electrons. The van der Waals surface area contributed by atoms with Gasteiger partial charge in [-0.1, -0.05) is 46.1 Å². The largest absolute Gasteiger partial charge is 0.319 e. The molecule has 2 rings (SSSR count). The Balaban J connectivity index is 2.10. The van der Waals surface area contributed by atoms with Gasteiger partial charge in [0.25, 0.3) is 0 Å². The molecular weight excluding hydrogens is 198 g/mol. The molecule has 0 bridgehead atoms. The van der Waals surface area contributed by atoms with Gasteiger partial charge in [0.1, 0.15) is 8.24 Å². The summed E-state index contributed by atoms with van der Waals surface area (Å²) in [7, 11) is -1.01. The molecule has 0 atom stereocenters. The third-order valence-corrected chi connectivity index (χ3v) is 9.57. The molecule has 0 amide bonds. The lowest BCUT2D eigenvalue weighted by Gasteiger charge is -2.44. The minimum atomic E-state index is -1.01. The average Bonchev–Trinajstić information content (AvgIpc) is 2.77. The van der Waals surface area contributed by atoms with Crippen molar-refractivity contribution in [2.24, 2.45) is 0 Å². The molecule has 1 aliphatic heterocycles. The molecule has 0 N–H and O–H groups in total. The number of rotatable bonds is 3. The van der Waals surface area contributed by atoms with Gasteiger partial charge in [0, 0.05) is 6.04 Å². The summed E-state index contributed by atoms with van der Waals surface area (Å²) in [5, 5.41) is 0. The van der Waals surface area contributed by atoms with Crippen molar-refractivity contribution in [2.45, 2.75) is 83.1 Å². The number of hydrogen-bond donors (Lipinski definition) is 0.